The van der Waals surface area contributed by atoms with Crippen molar-refractivity contribution in [2.24, 2.45) is 0 Å². The van der Waals surface area contributed by atoms with Crippen LogP contribution in [0.1, 0.15) is 25.6 Å². The molecule has 1 atom stereocenters. The summed E-state index contributed by atoms with van der Waals surface area (Å²) in [7, 11) is 1.67. The molecule has 1 saturated carbocycles. The highest BCUT2D eigenvalue weighted by atomic mass is 16.5. The Kier molecular flexibility index (Phi) is 2.67. The summed E-state index contributed by atoms with van der Waals surface area (Å²) in [6.07, 6.45) is 3.21. The predicted octanol–water partition coefficient (Wildman–Crippen LogP) is 1.22. The molecule has 1 aromatic rings. The summed E-state index contributed by atoms with van der Waals surface area (Å²) in [6, 6.07) is 1.08. The number of hydrogen-bond acceptors (Lipinski definition) is 5. The Morgan fingerprint density at radius 2 is 2.43 bits per heavy atom. The van der Waals surface area contributed by atoms with E-state index in [-0.39, 0.29) is 6.10 Å². The van der Waals surface area contributed by atoms with Crippen molar-refractivity contribution in [2.45, 2.75) is 38.3 Å². The fraction of sp³-hybridized carbons (Fsp3) is 0.778. The van der Waals surface area contributed by atoms with Crippen LogP contribution in [0.5, 0.6) is 0 Å². The SMILES string of the molecule is COC(C)Cc1noc(NC2CC2)n1. The van der Waals surface area contributed by atoms with Gasteiger partial charge in [0.2, 0.25) is 0 Å². The molecule has 0 aliphatic heterocycles. The first-order valence-electron chi connectivity index (χ1n) is 4.90. The predicted molar refractivity (Wildman–Crippen MR) is 51.1 cm³/mol. The second kappa shape index (κ2) is 3.96. The van der Waals surface area contributed by atoms with Gasteiger partial charge in [0.1, 0.15) is 0 Å². The van der Waals surface area contributed by atoms with E-state index in [9.17, 15) is 0 Å². The minimum atomic E-state index is 0.126. The zero-order chi connectivity index (χ0) is 9.97. The highest BCUT2D eigenvalue weighted by Gasteiger charge is 2.23. The van der Waals surface area contributed by atoms with Crippen molar-refractivity contribution in [3.8, 4) is 0 Å². The van der Waals surface area contributed by atoms with Crippen molar-refractivity contribution in [1.29, 1.82) is 0 Å². The number of nitrogens with zero attached hydrogens (tertiary/aromatic N) is 2. The molecule has 0 bridgehead atoms. The number of hydrogen-bond donors (Lipinski definition) is 1. The maximum absolute atomic E-state index is 5.11. The van der Waals surface area contributed by atoms with Gasteiger partial charge < -0.3 is 14.6 Å². The van der Waals surface area contributed by atoms with E-state index in [2.05, 4.69) is 15.5 Å². The maximum Gasteiger partial charge on any atom is 0.321 e. The van der Waals surface area contributed by atoms with E-state index >= 15 is 0 Å². The Labute approximate surface area is 82.8 Å². The Bertz CT molecular complexity index is 296. The molecule has 5 heteroatoms. The lowest BCUT2D eigenvalue weighted by molar-refractivity contribution is 0.116. The van der Waals surface area contributed by atoms with E-state index in [0.717, 1.165) is 0 Å². The van der Waals surface area contributed by atoms with E-state index in [1.807, 2.05) is 6.92 Å². The number of rotatable bonds is 5. The highest BCUT2D eigenvalue weighted by molar-refractivity contribution is 5.23. The van der Waals surface area contributed by atoms with Crippen LogP contribution >= 0.6 is 0 Å². The van der Waals surface area contributed by atoms with Crippen LogP contribution in [0.15, 0.2) is 4.52 Å². The van der Waals surface area contributed by atoms with Gasteiger partial charge in [0, 0.05) is 19.6 Å². The van der Waals surface area contributed by atoms with Gasteiger partial charge in [0.25, 0.3) is 0 Å². The number of ether oxygens (including phenoxy) is 1. The van der Waals surface area contributed by atoms with Crippen molar-refractivity contribution in [3.05, 3.63) is 5.82 Å². The van der Waals surface area contributed by atoms with Crippen LogP contribution < -0.4 is 5.32 Å². The van der Waals surface area contributed by atoms with E-state index in [4.69, 9.17) is 9.26 Å². The lowest BCUT2D eigenvalue weighted by Gasteiger charge is -2.03. The molecule has 0 amide bonds. The summed E-state index contributed by atoms with van der Waals surface area (Å²) in [5.74, 6) is 0.697. The minimum Gasteiger partial charge on any atom is -0.381 e. The molecule has 1 aliphatic carbocycles. The highest BCUT2D eigenvalue weighted by Crippen LogP contribution is 2.23. The molecular formula is C9H15N3O2. The number of anilines is 1. The third-order valence-corrected chi connectivity index (χ3v) is 2.25. The first-order chi connectivity index (χ1) is 6.78. The lowest BCUT2D eigenvalue weighted by Crippen LogP contribution is -2.09. The summed E-state index contributed by atoms with van der Waals surface area (Å²) >= 11 is 0. The van der Waals surface area contributed by atoms with Gasteiger partial charge in [-0.05, 0) is 19.8 Å². The van der Waals surface area contributed by atoms with Crippen LogP contribution in [0, 0.1) is 0 Å². The molecule has 0 radical (unpaired) electrons. The fourth-order valence-corrected chi connectivity index (χ4v) is 1.14. The smallest absolute Gasteiger partial charge is 0.321 e. The standard InChI is InChI=1S/C9H15N3O2/c1-6(13-2)5-8-11-9(14-12-8)10-7-3-4-7/h6-7H,3-5H2,1-2H3,(H,10,11,12). The molecule has 0 aromatic carbocycles. The van der Waals surface area contributed by atoms with Gasteiger partial charge >= 0.3 is 6.01 Å². The molecule has 0 saturated heterocycles. The quantitative estimate of drug-likeness (QED) is 0.769. The van der Waals surface area contributed by atoms with Crippen molar-refractivity contribution in [3.63, 3.8) is 0 Å². The van der Waals surface area contributed by atoms with Crippen molar-refractivity contribution >= 4 is 6.01 Å². The molecule has 0 spiro atoms. The Balaban J connectivity index is 1.88. The summed E-state index contributed by atoms with van der Waals surface area (Å²) in [5.41, 5.74) is 0. The molecule has 78 valence electrons. The van der Waals surface area contributed by atoms with Crippen LogP contribution in [0.3, 0.4) is 0 Å². The number of aromatic nitrogens is 2. The van der Waals surface area contributed by atoms with Crippen LogP contribution in [-0.2, 0) is 11.2 Å². The summed E-state index contributed by atoms with van der Waals surface area (Å²) in [5, 5.41) is 7.00. The van der Waals surface area contributed by atoms with Gasteiger partial charge in [0.05, 0.1) is 6.10 Å². The fourth-order valence-electron chi connectivity index (χ4n) is 1.14. The Hall–Kier alpha value is -1.10. The molecule has 1 N–H and O–H groups in total. The second-order valence-electron chi connectivity index (χ2n) is 3.68. The lowest BCUT2D eigenvalue weighted by atomic mass is 10.3. The van der Waals surface area contributed by atoms with Gasteiger partial charge in [0.15, 0.2) is 5.82 Å². The van der Waals surface area contributed by atoms with Crippen molar-refractivity contribution < 1.29 is 9.26 Å². The molecule has 2 rings (SSSR count). The van der Waals surface area contributed by atoms with Gasteiger partial charge in [-0.25, -0.2) is 0 Å². The van der Waals surface area contributed by atoms with E-state index in [1.54, 1.807) is 7.11 Å². The van der Waals surface area contributed by atoms with Gasteiger partial charge in [-0.2, -0.15) is 4.98 Å². The van der Waals surface area contributed by atoms with Crippen LogP contribution in [0.2, 0.25) is 0 Å². The minimum absolute atomic E-state index is 0.126. The third kappa shape index (κ3) is 2.45. The summed E-state index contributed by atoms with van der Waals surface area (Å²) in [6.45, 7) is 1.98. The van der Waals surface area contributed by atoms with E-state index in [1.165, 1.54) is 12.8 Å². The average Bonchev–Trinajstić information content (AvgIpc) is 2.87. The Morgan fingerprint density at radius 3 is 3.07 bits per heavy atom. The van der Waals surface area contributed by atoms with Gasteiger partial charge in [-0.1, -0.05) is 5.16 Å². The maximum atomic E-state index is 5.11. The zero-order valence-corrected chi connectivity index (χ0v) is 8.49. The zero-order valence-electron chi connectivity index (χ0n) is 8.49. The first kappa shape index (κ1) is 9.45. The van der Waals surface area contributed by atoms with Crippen molar-refractivity contribution in [2.75, 3.05) is 12.4 Å². The molecule has 1 unspecified atom stereocenters. The molecule has 14 heavy (non-hydrogen) atoms. The van der Waals surface area contributed by atoms with Gasteiger partial charge in [-0.15, -0.1) is 0 Å². The van der Waals surface area contributed by atoms with Crippen LogP contribution in [0.4, 0.5) is 6.01 Å². The van der Waals surface area contributed by atoms with Gasteiger partial charge in [-0.3, -0.25) is 0 Å². The van der Waals surface area contributed by atoms with E-state index in [0.29, 0.717) is 24.3 Å². The largest absolute Gasteiger partial charge is 0.381 e. The molecule has 1 aliphatic rings. The summed E-state index contributed by atoms with van der Waals surface area (Å²) < 4.78 is 10.1. The van der Waals surface area contributed by atoms with E-state index < -0.39 is 0 Å². The normalized spacial score (nSPS) is 18.1. The summed E-state index contributed by atoms with van der Waals surface area (Å²) in [4.78, 5) is 4.21. The Morgan fingerprint density at radius 1 is 1.64 bits per heavy atom. The van der Waals surface area contributed by atoms with Crippen LogP contribution in [-0.4, -0.2) is 29.4 Å². The topological polar surface area (TPSA) is 60.2 Å². The molecule has 1 heterocycles. The number of nitrogens with one attached hydrogen (secondary N) is 1. The van der Waals surface area contributed by atoms with Crippen molar-refractivity contribution in [1.82, 2.24) is 10.1 Å². The monoisotopic (exact) mass is 197 g/mol. The molecule has 1 fully saturated rings. The van der Waals surface area contributed by atoms with Crippen LogP contribution in [0.25, 0.3) is 0 Å². The second-order valence-corrected chi connectivity index (χ2v) is 3.68. The molecule has 5 nitrogen and oxygen atoms in total. The average molecular weight is 197 g/mol. The molecular weight excluding hydrogens is 182 g/mol. The molecule has 1 aromatic heterocycles. The third-order valence-electron chi connectivity index (χ3n) is 2.25. The first-order valence-corrected chi connectivity index (χ1v) is 4.90. The number of methoxy groups -OCH3 is 1.